The SMILES string of the molecule is CCCC[O][V](=[O])([Cl])([Cl])([Cl])[O]CCCC. The van der Waals surface area contributed by atoms with E-state index in [9.17, 15) is 3.67 Å². The van der Waals surface area contributed by atoms with Gasteiger partial charge in [0.1, 0.15) is 0 Å². The Morgan fingerprint density at radius 3 is 1.53 bits per heavy atom. The van der Waals surface area contributed by atoms with Gasteiger partial charge in [0.15, 0.2) is 0 Å². The van der Waals surface area contributed by atoms with E-state index in [1.807, 2.05) is 13.8 Å². The first-order valence-corrected chi connectivity index (χ1v) is 12.5. The minimum absolute atomic E-state index is 0.128. The van der Waals surface area contributed by atoms with E-state index in [1.54, 1.807) is 0 Å². The van der Waals surface area contributed by atoms with Crippen molar-refractivity contribution >= 4 is 29.5 Å². The Morgan fingerprint density at radius 1 is 0.933 bits per heavy atom. The van der Waals surface area contributed by atoms with Crippen LogP contribution in [0.5, 0.6) is 0 Å². The molecule has 0 aromatic heterocycles. The molecule has 0 radical (unpaired) electrons. The summed E-state index contributed by atoms with van der Waals surface area (Å²) in [7, 11) is 10.7. The third-order valence-corrected chi connectivity index (χ3v) is 6.24. The molecule has 0 aliphatic rings. The Balaban J connectivity index is 4.32. The molecule has 0 aromatic carbocycles. The van der Waals surface area contributed by atoms with Crippen LogP contribution in [0.1, 0.15) is 39.5 Å². The summed E-state index contributed by atoms with van der Waals surface area (Å²) in [6.45, 7) is 4.16. The summed E-state index contributed by atoms with van der Waals surface area (Å²) in [6.07, 6.45) is 3.07. The van der Waals surface area contributed by atoms with Crippen molar-refractivity contribution in [1.82, 2.24) is 0 Å². The van der Waals surface area contributed by atoms with E-state index in [-0.39, 0.29) is 13.2 Å². The van der Waals surface area contributed by atoms with Gasteiger partial charge in [0.05, 0.1) is 0 Å². The fourth-order valence-corrected chi connectivity index (χ4v) is 4.15. The molecule has 0 bridgehead atoms. The molecule has 0 unspecified atom stereocenters. The van der Waals surface area contributed by atoms with Gasteiger partial charge in [0, 0.05) is 0 Å². The Hall–Kier alpha value is 1.17. The van der Waals surface area contributed by atoms with Gasteiger partial charge in [-0.2, -0.15) is 0 Å². The maximum absolute atomic E-state index is 12.0. The third-order valence-electron chi connectivity index (χ3n) is 1.68. The fraction of sp³-hybridized carbons (Fsp3) is 1.00. The van der Waals surface area contributed by atoms with Crippen molar-refractivity contribution in [2.75, 3.05) is 13.2 Å². The molecule has 7 heteroatoms. The number of halogens is 3. The van der Waals surface area contributed by atoms with E-state index in [1.165, 1.54) is 0 Å². The van der Waals surface area contributed by atoms with Crippen LogP contribution in [-0.2, 0) is 20.5 Å². The van der Waals surface area contributed by atoms with Crippen molar-refractivity contribution in [1.29, 1.82) is 0 Å². The Kier molecular flexibility index (Phi) is 5.63. The number of hydrogen-bond donors (Lipinski definition) is 0. The monoisotopic (exact) mass is 318 g/mol. The number of rotatable bonds is 8. The molecule has 0 heterocycles. The van der Waals surface area contributed by atoms with Crippen molar-refractivity contribution in [3.8, 4) is 0 Å². The fourth-order valence-electron chi connectivity index (χ4n) is 0.811. The Bertz CT molecular complexity index is 255. The molecule has 0 saturated carbocycles. The van der Waals surface area contributed by atoms with Crippen LogP contribution < -0.4 is 0 Å². The van der Waals surface area contributed by atoms with Crippen LogP contribution in [-0.4, -0.2) is 13.2 Å². The predicted octanol–water partition coefficient (Wildman–Crippen LogP) is 4.48. The van der Waals surface area contributed by atoms with Gasteiger partial charge in [-0.1, -0.05) is 0 Å². The molecule has 0 amide bonds. The molecule has 94 valence electrons. The molecular weight excluding hydrogens is 301 g/mol. The van der Waals surface area contributed by atoms with Gasteiger partial charge < -0.3 is 0 Å². The predicted molar refractivity (Wildman–Crippen MR) is 60.0 cm³/mol. The van der Waals surface area contributed by atoms with Gasteiger partial charge in [0.2, 0.25) is 0 Å². The molecule has 0 N–H and O–H groups in total. The molecule has 15 heavy (non-hydrogen) atoms. The minimum atomic E-state index is -6.22. The molecular formula is C8H18Cl3O3V. The van der Waals surface area contributed by atoms with Gasteiger partial charge in [-0.25, -0.2) is 0 Å². The zero-order chi connectivity index (χ0) is 12.1. The van der Waals surface area contributed by atoms with Crippen LogP contribution in [0.2, 0.25) is 0 Å². The van der Waals surface area contributed by atoms with Crippen LogP contribution >= 0.6 is 29.5 Å². The van der Waals surface area contributed by atoms with Crippen LogP contribution in [0.25, 0.3) is 0 Å². The van der Waals surface area contributed by atoms with Crippen molar-refractivity contribution in [3.05, 3.63) is 0 Å². The van der Waals surface area contributed by atoms with Crippen molar-refractivity contribution < 1.29 is 20.5 Å². The van der Waals surface area contributed by atoms with Crippen LogP contribution in [0.3, 0.4) is 0 Å². The van der Waals surface area contributed by atoms with Crippen molar-refractivity contribution in [2.24, 2.45) is 0 Å². The zero-order valence-corrected chi connectivity index (χ0v) is 12.7. The first-order valence-electron chi connectivity index (χ1n) is 5.05. The summed E-state index contributed by atoms with van der Waals surface area (Å²) in [6, 6.07) is 0. The third kappa shape index (κ3) is 8.93. The van der Waals surface area contributed by atoms with Crippen LogP contribution in [0.15, 0.2) is 0 Å². The normalized spacial score (nSPS) is 17.1. The second-order valence-electron chi connectivity index (χ2n) is 3.41. The Morgan fingerprint density at radius 2 is 1.27 bits per heavy atom. The molecule has 0 aromatic rings. The van der Waals surface area contributed by atoms with E-state index in [0.29, 0.717) is 12.8 Å². The molecule has 3 nitrogen and oxygen atoms in total. The van der Waals surface area contributed by atoms with Crippen molar-refractivity contribution in [2.45, 2.75) is 39.5 Å². The van der Waals surface area contributed by atoms with E-state index in [0.717, 1.165) is 12.8 Å². The van der Waals surface area contributed by atoms with Crippen LogP contribution in [0.4, 0.5) is 0 Å². The van der Waals surface area contributed by atoms with E-state index in [2.05, 4.69) is 0 Å². The molecule has 0 fully saturated rings. The summed E-state index contributed by atoms with van der Waals surface area (Å²) in [5.41, 5.74) is 0. The first kappa shape index (κ1) is 16.2. The average Bonchev–Trinajstić information content (AvgIpc) is 2.02. The second-order valence-corrected chi connectivity index (χ2v) is 18.9. The Labute approximate surface area is 102 Å². The molecule has 0 atom stereocenters. The number of hydrogen-bond acceptors (Lipinski definition) is 3. The topological polar surface area (TPSA) is 35.5 Å². The summed E-state index contributed by atoms with van der Waals surface area (Å²) in [5, 5.41) is 0. The summed E-state index contributed by atoms with van der Waals surface area (Å²) >= 11 is 0. The summed E-state index contributed by atoms with van der Waals surface area (Å²) in [5.74, 6) is 0. The van der Waals surface area contributed by atoms with Gasteiger partial charge in [-0.15, -0.1) is 0 Å². The average molecular weight is 320 g/mol. The van der Waals surface area contributed by atoms with Crippen molar-refractivity contribution in [3.63, 3.8) is 0 Å². The second kappa shape index (κ2) is 5.22. The van der Waals surface area contributed by atoms with E-state index in [4.69, 9.17) is 36.9 Å². The van der Waals surface area contributed by atoms with Crippen LogP contribution in [0, 0.1) is 0 Å². The van der Waals surface area contributed by atoms with E-state index < -0.39 is 9.53 Å². The summed E-state index contributed by atoms with van der Waals surface area (Å²) in [4.78, 5) is 0. The quantitative estimate of drug-likeness (QED) is 0.619. The standard InChI is InChI=1S/2C4H9O.3ClH.O.V/c2*1-2-3-4-5;;;;;/h2*2-4H2,1H3;3*1H;;/q2*-1;;;;;+5/p-3. The molecule has 0 rings (SSSR count). The maximum atomic E-state index is 12.0. The molecule has 0 spiro atoms. The van der Waals surface area contributed by atoms with Gasteiger partial charge in [-0.05, 0) is 0 Å². The molecule has 0 aliphatic heterocycles. The zero-order valence-electron chi connectivity index (χ0n) is 9.05. The van der Waals surface area contributed by atoms with Gasteiger partial charge in [0.25, 0.3) is 0 Å². The molecule has 0 saturated heterocycles. The van der Waals surface area contributed by atoms with Gasteiger partial charge in [-0.3, -0.25) is 0 Å². The molecule has 0 aliphatic carbocycles. The van der Waals surface area contributed by atoms with E-state index >= 15 is 0 Å². The van der Waals surface area contributed by atoms with Gasteiger partial charge >= 0.3 is 103 Å². The first-order chi connectivity index (χ1) is 6.62. The number of unbranched alkanes of at least 4 members (excludes halogenated alkanes) is 2. The summed E-state index contributed by atoms with van der Waals surface area (Å²) < 4.78 is 21.8.